The summed E-state index contributed by atoms with van der Waals surface area (Å²) in [5.41, 5.74) is 8.71. The van der Waals surface area contributed by atoms with E-state index in [1.807, 2.05) is 47.1 Å². The molecule has 0 amide bonds. The Morgan fingerprint density at radius 3 is 2.71 bits per heavy atom. The molecule has 0 unspecified atom stereocenters. The van der Waals surface area contributed by atoms with Gasteiger partial charge in [-0.15, -0.1) is 0 Å². The van der Waals surface area contributed by atoms with Crippen molar-refractivity contribution in [1.82, 2.24) is 9.38 Å². The Kier molecular flexibility index (Phi) is 4.17. The van der Waals surface area contributed by atoms with E-state index in [1.165, 1.54) is 5.56 Å². The van der Waals surface area contributed by atoms with Crippen LogP contribution >= 0.6 is 0 Å². The molecule has 4 heteroatoms. The van der Waals surface area contributed by atoms with Crippen LogP contribution < -0.4 is 10.5 Å². The molecule has 108 valence electrons. The van der Waals surface area contributed by atoms with Crippen molar-refractivity contribution in [1.29, 1.82) is 0 Å². The Morgan fingerprint density at radius 1 is 1.05 bits per heavy atom. The smallest absolute Gasteiger partial charge is 0.179 e. The molecule has 0 aliphatic rings. The maximum Gasteiger partial charge on any atom is 0.179 e. The van der Waals surface area contributed by atoms with Gasteiger partial charge in [-0.3, -0.25) is 0 Å². The van der Waals surface area contributed by atoms with Crippen LogP contribution in [0.3, 0.4) is 0 Å². The normalized spacial score (nSPS) is 10.9. The largest absolute Gasteiger partial charge is 0.489 e. The molecule has 0 aliphatic carbocycles. The zero-order chi connectivity index (χ0) is 14.5. The molecule has 3 rings (SSSR count). The molecule has 2 aromatic heterocycles. The highest BCUT2D eigenvalue weighted by Crippen LogP contribution is 2.19. The van der Waals surface area contributed by atoms with Crippen LogP contribution in [0.5, 0.6) is 5.75 Å². The fourth-order valence-corrected chi connectivity index (χ4v) is 2.34. The monoisotopic (exact) mass is 281 g/mol. The number of nitrogens with two attached hydrogens (primary N) is 1. The minimum Gasteiger partial charge on any atom is -0.489 e. The first-order valence-corrected chi connectivity index (χ1v) is 7.20. The van der Waals surface area contributed by atoms with E-state index >= 15 is 0 Å². The van der Waals surface area contributed by atoms with E-state index in [2.05, 4.69) is 17.1 Å². The highest BCUT2D eigenvalue weighted by atomic mass is 16.5. The van der Waals surface area contributed by atoms with E-state index in [0.717, 1.165) is 29.9 Å². The van der Waals surface area contributed by atoms with Crippen LogP contribution in [0.1, 0.15) is 11.3 Å². The number of rotatable bonds is 6. The second-order valence-corrected chi connectivity index (χ2v) is 4.96. The topological polar surface area (TPSA) is 52.5 Å². The van der Waals surface area contributed by atoms with Crippen molar-refractivity contribution in [2.45, 2.75) is 12.8 Å². The first-order chi connectivity index (χ1) is 10.4. The van der Waals surface area contributed by atoms with Gasteiger partial charge < -0.3 is 14.9 Å². The molecule has 0 saturated heterocycles. The molecular weight excluding hydrogens is 262 g/mol. The van der Waals surface area contributed by atoms with Gasteiger partial charge in [-0.1, -0.05) is 30.3 Å². The minimum absolute atomic E-state index is 0.605. The summed E-state index contributed by atoms with van der Waals surface area (Å²) in [6.45, 7) is 1.25. The average Bonchev–Trinajstić information content (AvgIpc) is 2.92. The summed E-state index contributed by atoms with van der Waals surface area (Å²) in [5, 5.41) is 0. The predicted octanol–water partition coefficient (Wildman–Crippen LogP) is 2.46. The molecule has 0 saturated carbocycles. The summed E-state index contributed by atoms with van der Waals surface area (Å²) < 4.78 is 7.89. The maximum absolute atomic E-state index is 5.90. The molecule has 0 spiro atoms. The Morgan fingerprint density at radius 2 is 1.90 bits per heavy atom. The Hall–Kier alpha value is -2.33. The second kappa shape index (κ2) is 6.41. The Balaban J connectivity index is 1.71. The summed E-state index contributed by atoms with van der Waals surface area (Å²) in [4.78, 5) is 4.59. The lowest BCUT2D eigenvalue weighted by Crippen LogP contribution is -2.03. The van der Waals surface area contributed by atoms with E-state index in [-0.39, 0.29) is 0 Å². The summed E-state index contributed by atoms with van der Waals surface area (Å²) in [6, 6.07) is 14.3. The van der Waals surface area contributed by atoms with Gasteiger partial charge in [0.15, 0.2) is 11.4 Å². The molecule has 4 nitrogen and oxygen atoms in total. The third kappa shape index (κ3) is 3.23. The van der Waals surface area contributed by atoms with Gasteiger partial charge in [-0.25, -0.2) is 4.98 Å². The van der Waals surface area contributed by atoms with Gasteiger partial charge in [-0.2, -0.15) is 0 Å². The van der Waals surface area contributed by atoms with Crippen molar-refractivity contribution in [3.05, 3.63) is 66.1 Å². The van der Waals surface area contributed by atoms with Gasteiger partial charge in [-0.05, 0) is 24.2 Å². The highest BCUT2D eigenvalue weighted by molar-refractivity contribution is 5.54. The lowest BCUT2D eigenvalue weighted by Gasteiger charge is -2.07. The van der Waals surface area contributed by atoms with E-state index in [4.69, 9.17) is 10.5 Å². The second-order valence-electron chi connectivity index (χ2n) is 4.96. The van der Waals surface area contributed by atoms with Crippen LogP contribution in [0.2, 0.25) is 0 Å². The van der Waals surface area contributed by atoms with Gasteiger partial charge in [0.1, 0.15) is 0 Å². The van der Waals surface area contributed by atoms with Crippen LogP contribution in [0.25, 0.3) is 5.65 Å². The summed E-state index contributed by atoms with van der Waals surface area (Å²) in [6.07, 6.45) is 5.65. The number of imidazole rings is 1. The number of hydrogen-bond acceptors (Lipinski definition) is 3. The number of hydrogen-bond donors (Lipinski definition) is 1. The molecule has 0 bridgehead atoms. The van der Waals surface area contributed by atoms with Crippen LogP contribution in [0.4, 0.5) is 0 Å². The summed E-state index contributed by atoms with van der Waals surface area (Å²) >= 11 is 0. The SMILES string of the molecule is NCCc1cn2cccc(OCCc3ccccc3)c2n1. The van der Waals surface area contributed by atoms with E-state index in [1.54, 1.807) is 0 Å². The Labute approximate surface area is 124 Å². The minimum atomic E-state index is 0.605. The van der Waals surface area contributed by atoms with Crippen molar-refractivity contribution in [2.24, 2.45) is 5.73 Å². The third-order valence-corrected chi connectivity index (χ3v) is 3.39. The molecule has 0 aliphatic heterocycles. The number of aromatic nitrogens is 2. The van der Waals surface area contributed by atoms with Crippen molar-refractivity contribution in [3.63, 3.8) is 0 Å². The quantitative estimate of drug-likeness (QED) is 0.755. The first kappa shape index (κ1) is 13.6. The number of nitrogens with zero attached hydrogens (tertiary/aromatic N) is 2. The fraction of sp³-hybridized carbons (Fsp3) is 0.235. The number of ether oxygens (including phenoxy) is 1. The van der Waals surface area contributed by atoms with Gasteiger partial charge in [0.05, 0.1) is 12.3 Å². The molecule has 21 heavy (non-hydrogen) atoms. The van der Waals surface area contributed by atoms with Crippen molar-refractivity contribution >= 4 is 5.65 Å². The van der Waals surface area contributed by atoms with E-state index in [9.17, 15) is 0 Å². The molecule has 3 aromatic rings. The fourth-order valence-electron chi connectivity index (χ4n) is 2.34. The van der Waals surface area contributed by atoms with E-state index < -0.39 is 0 Å². The van der Waals surface area contributed by atoms with Crippen LogP contribution in [-0.2, 0) is 12.8 Å². The molecule has 0 atom stereocenters. The van der Waals surface area contributed by atoms with Crippen LogP contribution in [-0.4, -0.2) is 22.5 Å². The summed E-state index contributed by atoms with van der Waals surface area (Å²) in [7, 11) is 0. The van der Waals surface area contributed by atoms with E-state index in [0.29, 0.717) is 13.2 Å². The number of pyridine rings is 1. The lowest BCUT2D eigenvalue weighted by molar-refractivity contribution is 0.324. The molecule has 1 aromatic carbocycles. The molecule has 0 fully saturated rings. The van der Waals surface area contributed by atoms with Gasteiger partial charge >= 0.3 is 0 Å². The van der Waals surface area contributed by atoms with Crippen molar-refractivity contribution in [2.75, 3.05) is 13.2 Å². The Bertz CT molecular complexity index is 706. The third-order valence-electron chi connectivity index (χ3n) is 3.39. The maximum atomic E-state index is 5.90. The zero-order valence-corrected chi connectivity index (χ0v) is 11.9. The molecule has 2 N–H and O–H groups in total. The number of benzene rings is 1. The first-order valence-electron chi connectivity index (χ1n) is 7.20. The van der Waals surface area contributed by atoms with Gasteiger partial charge in [0, 0.05) is 25.2 Å². The predicted molar refractivity (Wildman–Crippen MR) is 83.6 cm³/mol. The van der Waals surface area contributed by atoms with Crippen molar-refractivity contribution < 1.29 is 4.74 Å². The average molecular weight is 281 g/mol. The van der Waals surface area contributed by atoms with Gasteiger partial charge in [0.2, 0.25) is 0 Å². The number of fused-ring (bicyclic) bond motifs is 1. The van der Waals surface area contributed by atoms with Crippen LogP contribution in [0.15, 0.2) is 54.9 Å². The standard InChI is InChI=1S/C17H19N3O/c18-10-8-15-13-20-11-4-7-16(17(20)19-15)21-12-9-14-5-2-1-3-6-14/h1-7,11,13H,8-10,12,18H2. The zero-order valence-electron chi connectivity index (χ0n) is 11.9. The summed E-state index contributed by atoms with van der Waals surface area (Å²) in [5.74, 6) is 0.816. The van der Waals surface area contributed by atoms with Crippen molar-refractivity contribution in [3.8, 4) is 5.75 Å². The van der Waals surface area contributed by atoms with Gasteiger partial charge in [0.25, 0.3) is 0 Å². The van der Waals surface area contributed by atoms with Crippen LogP contribution in [0, 0.1) is 0 Å². The molecule has 2 heterocycles. The lowest BCUT2D eigenvalue weighted by atomic mass is 10.2. The molecular formula is C17H19N3O. The molecule has 0 radical (unpaired) electrons. The highest BCUT2D eigenvalue weighted by Gasteiger charge is 2.07.